The summed E-state index contributed by atoms with van der Waals surface area (Å²) >= 11 is 5.15. The van der Waals surface area contributed by atoms with Crippen LogP contribution < -0.4 is 11.1 Å². The highest BCUT2D eigenvalue weighted by Gasteiger charge is 2.08. The van der Waals surface area contributed by atoms with Crippen molar-refractivity contribution in [2.75, 3.05) is 5.32 Å². The van der Waals surface area contributed by atoms with E-state index in [0.717, 1.165) is 27.7 Å². The summed E-state index contributed by atoms with van der Waals surface area (Å²) in [6.07, 6.45) is 3.53. The maximum absolute atomic E-state index is 5.84. The number of nitrogens with one attached hydrogen (secondary N) is 1. The van der Waals surface area contributed by atoms with E-state index in [2.05, 4.69) is 15.3 Å². The molecule has 0 radical (unpaired) electrons. The van der Waals surface area contributed by atoms with Crippen LogP contribution in [-0.2, 0) is 0 Å². The molecule has 0 atom stereocenters. The van der Waals surface area contributed by atoms with Gasteiger partial charge in [-0.25, -0.2) is 4.98 Å². The summed E-state index contributed by atoms with van der Waals surface area (Å²) in [6, 6.07) is 11.6. The van der Waals surface area contributed by atoms with Crippen LogP contribution in [0.1, 0.15) is 11.1 Å². The fourth-order valence-corrected chi connectivity index (χ4v) is 2.35. The van der Waals surface area contributed by atoms with Crippen molar-refractivity contribution in [2.45, 2.75) is 6.92 Å². The van der Waals surface area contributed by atoms with Gasteiger partial charge in [0, 0.05) is 17.1 Å². The van der Waals surface area contributed by atoms with Crippen LogP contribution in [0.25, 0.3) is 10.9 Å². The molecule has 21 heavy (non-hydrogen) atoms. The fraction of sp³-hybridized carbons (Fsp3) is 0.0625. The molecule has 0 spiro atoms. The van der Waals surface area contributed by atoms with E-state index in [0.29, 0.717) is 10.8 Å². The van der Waals surface area contributed by atoms with Gasteiger partial charge in [0.2, 0.25) is 0 Å². The van der Waals surface area contributed by atoms with Crippen molar-refractivity contribution in [2.24, 2.45) is 5.73 Å². The third-order valence-electron chi connectivity index (χ3n) is 3.28. The predicted molar refractivity (Wildman–Crippen MR) is 89.9 cm³/mol. The summed E-state index contributed by atoms with van der Waals surface area (Å²) in [6.45, 7) is 2.01. The lowest BCUT2D eigenvalue weighted by Gasteiger charge is -2.11. The SMILES string of the molecule is Cc1ccncc1Nc1cc(C(N)=S)c2ccccc2n1. The van der Waals surface area contributed by atoms with Gasteiger partial charge in [-0.2, -0.15) is 0 Å². The first kappa shape index (κ1) is 13.5. The van der Waals surface area contributed by atoms with E-state index in [1.807, 2.05) is 43.3 Å². The van der Waals surface area contributed by atoms with Gasteiger partial charge in [-0.3, -0.25) is 4.98 Å². The lowest BCUT2D eigenvalue weighted by atomic mass is 10.1. The number of nitrogens with zero attached hydrogens (tertiary/aromatic N) is 2. The number of benzene rings is 1. The summed E-state index contributed by atoms with van der Waals surface area (Å²) in [5.74, 6) is 0.701. The van der Waals surface area contributed by atoms with Gasteiger partial charge in [0.25, 0.3) is 0 Å². The zero-order valence-corrected chi connectivity index (χ0v) is 12.3. The summed E-state index contributed by atoms with van der Waals surface area (Å²) in [4.78, 5) is 9.08. The van der Waals surface area contributed by atoms with Gasteiger partial charge >= 0.3 is 0 Å². The Morgan fingerprint density at radius 1 is 1.24 bits per heavy atom. The Hall–Kier alpha value is -2.53. The molecule has 104 valence electrons. The molecule has 0 aliphatic carbocycles. The van der Waals surface area contributed by atoms with Gasteiger partial charge in [0.05, 0.1) is 17.4 Å². The van der Waals surface area contributed by atoms with Crippen LogP contribution in [0.4, 0.5) is 11.5 Å². The molecular weight excluding hydrogens is 280 g/mol. The van der Waals surface area contributed by atoms with Gasteiger partial charge < -0.3 is 11.1 Å². The largest absolute Gasteiger partial charge is 0.389 e. The number of thiocarbonyl (C=S) groups is 1. The highest BCUT2D eigenvalue weighted by atomic mass is 32.1. The quantitative estimate of drug-likeness (QED) is 0.726. The standard InChI is InChI=1S/C16H14N4S/c1-10-6-7-18-9-14(10)20-15-8-12(16(17)21)11-4-2-3-5-13(11)19-15/h2-9H,1H3,(H2,17,21)(H,19,20). The first-order valence-corrected chi connectivity index (χ1v) is 6.93. The van der Waals surface area contributed by atoms with Crippen LogP contribution in [0.2, 0.25) is 0 Å². The third kappa shape index (κ3) is 2.68. The molecule has 0 aliphatic heterocycles. The monoisotopic (exact) mass is 294 g/mol. The number of anilines is 2. The number of hydrogen-bond donors (Lipinski definition) is 2. The molecule has 0 aliphatic rings. The molecule has 0 fully saturated rings. The molecule has 0 amide bonds. The van der Waals surface area contributed by atoms with Crippen molar-refractivity contribution in [3.8, 4) is 0 Å². The normalized spacial score (nSPS) is 10.5. The minimum Gasteiger partial charge on any atom is -0.389 e. The molecule has 3 aromatic rings. The van der Waals surface area contributed by atoms with E-state index in [-0.39, 0.29) is 0 Å². The maximum Gasteiger partial charge on any atom is 0.131 e. The first-order valence-electron chi connectivity index (χ1n) is 6.52. The van der Waals surface area contributed by atoms with Crippen LogP contribution in [0.3, 0.4) is 0 Å². The van der Waals surface area contributed by atoms with Gasteiger partial charge in [0.15, 0.2) is 0 Å². The Morgan fingerprint density at radius 3 is 2.81 bits per heavy atom. The van der Waals surface area contributed by atoms with Crippen LogP contribution in [0.15, 0.2) is 48.8 Å². The molecular formula is C16H14N4S. The lowest BCUT2D eigenvalue weighted by Crippen LogP contribution is -2.11. The number of rotatable bonds is 3. The van der Waals surface area contributed by atoms with Crippen molar-refractivity contribution in [3.05, 3.63) is 59.9 Å². The maximum atomic E-state index is 5.84. The van der Waals surface area contributed by atoms with Gasteiger partial charge in [-0.15, -0.1) is 0 Å². The molecule has 2 aromatic heterocycles. The minimum absolute atomic E-state index is 0.361. The second-order valence-electron chi connectivity index (χ2n) is 4.75. The molecule has 0 bridgehead atoms. The van der Waals surface area contributed by atoms with Crippen molar-refractivity contribution in [1.29, 1.82) is 0 Å². The first-order chi connectivity index (χ1) is 10.1. The summed E-state index contributed by atoms with van der Waals surface area (Å²) in [5.41, 5.74) is 9.51. The second kappa shape index (κ2) is 5.46. The van der Waals surface area contributed by atoms with E-state index in [4.69, 9.17) is 18.0 Å². The molecule has 1 aromatic carbocycles. The Bertz CT molecular complexity index is 829. The molecule has 5 heteroatoms. The minimum atomic E-state index is 0.361. The van der Waals surface area contributed by atoms with Crippen molar-refractivity contribution >= 4 is 39.6 Å². The topological polar surface area (TPSA) is 63.8 Å². The Kier molecular flexibility index (Phi) is 3.50. The molecule has 4 nitrogen and oxygen atoms in total. The van der Waals surface area contributed by atoms with E-state index in [1.165, 1.54) is 0 Å². The van der Waals surface area contributed by atoms with Gasteiger partial charge in [0.1, 0.15) is 10.8 Å². The highest BCUT2D eigenvalue weighted by molar-refractivity contribution is 7.80. The summed E-state index contributed by atoms with van der Waals surface area (Å²) in [5, 5.41) is 4.23. The Balaban J connectivity index is 2.11. The molecule has 3 rings (SSSR count). The second-order valence-corrected chi connectivity index (χ2v) is 5.19. The van der Waals surface area contributed by atoms with Gasteiger partial charge in [-0.1, -0.05) is 30.4 Å². The van der Waals surface area contributed by atoms with Crippen LogP contribution in [0.5, 0.6) is 0 Å². The average Bonchev–Trinajstić information content (AvgIpc) is 2.48. The number of hydrogen-bond acceptors (Lipinski definition) is 4. The number of pyridine rings is 2. The summed E-state index contributed by atoms with van der Waals surface area (Å²) in [7, 11) is 0. The molecule has 0 saturated carbocycles. The zero-order valence-electron chi connectivity index (χ0n) is 11.5. The van der Waals surface area contributed by atoms with Crippen molar-refractivity contribution in [3.63, 3.8) is 0 Å². The zero-order chi connectivity index (χ0) is 14.8. The fourth-order valence-electron chi connectivity index (χ4n) is 2.18. The van der Waals surface area contributed by atoms with Gasteiger partial charge in [-0.05, 0) is 30.7 Å². The van der Waals surface area contributed by atoms with Crippen molar-refractivity contribution < 1.29 is 0 Å². The number of nitrogens with two attached hydrogens (primary N) is 1. The molecule has 3 N–H and O–H groups in total. The average molecular weight is 294 g/mol. The van der Waals surface area contributed by atoms with Crippen molar-refractivity contribution in [1.82, 2.24) is 9.97 Å². The van der Waals surface area contributed by atoms with E-state index >= 15 is 0 Å². The van der Waals surface area contributed by atoms with Crippen LogP contribution in [-0.4, -0.2) is 15.0 Å². The highest BCUT2D eigenvalue weighted by Crippen LogP contribution is 2.24. The van der Waals surface area contributed by atoms with E-state index < -0.39 is 0 Å². The van der Waals surface area contributed by atoms with E-state index in [9.17, 15) is 0 Å². The Morgan fingerprint density at radius 2 is 2.05 bits per heavy atom. The number of fused-ring (bicyclic) bond motifs is 1. The van der Waals surface area contributed by atoms with Crippen LogP contribution >= 0.6 is 12.2 Å². The molecule has 0 saturated heterocycles. The lowest BCUT2D eigenvalue weighted by molar-refractivity contribution is 1.26. The molecule has 2 heterocycles. The number of para-hydroxylation sites is 1. The molecule has 0 unspecified atom stereocenters. The number of aromatic nitrogens is 2. The summed E-state index contributed by atoms with van der Waals surface area (Å²) < 4.78 is 0. The smallest absolute Gasteiger partial charge is 0.131 e. The third-order valence-corrected chi connectivity index (χ3v) is 3.50. The van der Waals surface area contributed by atoms with Crippen LogP contribution in [0, 0.1) is 6.92 Å². The number of aryl methyl sites for hydroxylation is 1. The Labute approximate surface area is 128 Å². The van der Waals surface area contributed by atoms with E-state index in [1.54, 1.807) is 12.4 Å². The predicted octanol–water partition coefficient (Wildman–Crippen LogP) is 3.32.